The van der Waals surface area contributed by atoms with Gasteiger partial charge in [-0.2, -0.15) is 0 Å². The van der Waals surface area contributed by atoms with Crippen molar-refractivity contribution in [2.24, 2.45) is 17.6 Å². The van der Waals surface area contributed by atoms with Gasteiger partial charge in [-0.1, -0.05) is 44.2 Å². The molecule has 3 N–H and O–H groups in total. The van der Waals surface area contributed by atoms with Gasteiger partial charge in [0, 0.05) is 24.2 Å². The van der Waals surface area contributed by atoms with Crippen molar-refractivity contribution in [1.82, 2.24) is 14.5 Å². The predicted octanol–water partition coefficient (Wildman–Crippen LogP) is 3.92. The fourth-order valence-electron chi connectivity index (χ4n) is 8.94. The Bertz CT molecular complexity index is 1260. The van der Waals surface area contributed by atoms with Gasteiger partial charge in [-0.15, -0.1) is 0 Å². The minimum Gasteiger partial charge on any atom is -0.480 e. The van der Waals surface area contributed by atoms with Crippen LogP contribution in [0.2, 0.25) is 0 Å². The van der Waals surface area contributed by atoms with Gasteiger partial charge in [-0.05, 0) is 68.9 Å². The zero-order valence-electron chi connectivity index (χ0n) is 22.3. The number of rotatable bonds is 4. The van der Waals surface area contributed by atoms with Gasteiger partial charge in [0.25, 0.3) is 5.56 Å². The molecule has 38 heavy (non-hydrogen) atoms. The number of benzene rings is 1. The lowest BCUT2D eigenvalue weighted by Crippen LogP contribution is -2.72. The third-order valence-electron chi connectivity index (χ3n) is 10.6. The van der Waals surface area contributed by atoms with Crippen LogP contribution in [0.15, 0.2) is 29.1 Å². The SMILES string of the molecule is NC1(C(=O)O)CN(c2nc3ccccc3n([C@H]3C[C@H]4CCC[C@@H](C3)N4C3CC4CCCCC(C4)C3)c2=O)C1. The highest BCUT2D eigenvalue weighted by Crippen LogP contribution is 2.47. The summed E-state index contributed by atoms with van der Waals surface area (Å²) in [4.78, 5) is 35.0. The molecule has 204 valence electrons. The molecule has 2 aromatic rings. The number of carboxylic acids is 1. The molecule has 1 aromatic carbocycles. The van der Waals surface area contributed by atoms with Crippen LogP contribution in [0, 0.1) is 11.8 Å². The van der Waals surface area contributed by atoms with E-state index in [1.807, 2.05) is 28.8 Å². The molecule has 4 bridgehead atoms. The highest BCUT2D eigenvalue weighted by Gasteiger charge is 2.49. The van der Waals surface area contributed by atoms with Crippen molar-refractivity contribution in [1.29, 1.82) is 0 Å². The molecule has 7 rings (SSSR count). The number of nitrogens with zero attached hydrogens (tertiary/aromatic N) is 4. The van der Waals surface area contributed by atoms with E-state index >= 15 is 0 Å². The van der Waals surface area contributed by atoms with Gasteiger partial charge >= 0.3 is 5.97 Å². The fraction of sp³-hybridized carbons (Fsp3) is 0.700. The topological polar surface area (TPSA) is 105 Å². The quantitative estimate of drug-likeness (QED) is 0.631. The largest absolute Gasteiger partial charge is 0.480 e. The van der Waals surface area contributed by atoms with E-state index in [0.717, 1.165) is 35.7 Å². The summed E-state index contributed by atoms with van der Waals surface area (Å²) in [5.41, 5.74) is 6.29. The molecule has 1 aromatic heterocycles. The van der Waals surface area contributed by atoms with Gasteiger partial charge in [0.1, 0.15) is 5.54 Å². The first kappa shape index (κ1) is 24.6. The van der Waals surface area contributed by atoms with Gasteiger partial charge in [0.15, 0.2) is 5.82 Å². The third-order valence-corrected chi connectivity index (χ3v) is 10.6. The number of nitrogens with two attached hydrogens (primary N) is 1. The van der Waals surface area contributed by atoms with E-state index in [1.54, 1.807) is 4.90 Å². The summed E-state index contributed by atoms with van der Waals surface area (Å²) in [6.45, 7) is 0.216. The number of hydrogen-bond acceptors (Lipinski definition) is 6. The predicted molar refractivity (Wildman–Crippen MR) is 147 cm³/mol. The number of aliphatic carboxylic acids is 1. The van der Waals surface area contributed by atoms with E-state index < -0.39 is 11.5 Å². The Morgan fingerprint density at radius 3 is 2.18 bits per heavy atom. The van der Waals surface area contributed by atoms with Gasteiger partial charge in [-0.25, -0.2) is 4.98 Å². The van der Waals surface area contributed by atoms with Crippen molar-refractivity contribution in [3.63, 3.8) is 0 Å². The van der Waals surface area contributed by atoms with Crippen molar-refractivity contribution in [2.45, 2.75) is 107 Å². The van der Waals surface area contributed by atoms with Crippen LogP contribution in [0.4, 0.5) is 5.82 Å². The summed E-state index contributed by atoms with van der Waals surface area (Å²) >= 11 is 0. The number of piperidine rings is 2. The van der Waals surface area contributed by atoms with E-state index in [4.69, 9.17) is 10.7 Å². The summed E-state index contributed by atoms with van der Waals surface area (Å²) in [5.74, 6) is 1.13. The van der Waals surface area contributed by atoms with E-state index in [9.17, 15) is 14.7 Å². The van der Waals surface area contributed by atoms with Crippen LogP contribution in [-0.2, 0) is 4.79 Å². The maximum Gasteiger partial charge on any atom is 0.327 e. The molecule has 4 heterocycles. The number of aromatic nitrogens is 2. The van der Waals surface area contributed by atoms with Gasteiger partial charge < -0.3 is 20.3 Å². The lowest BCUT2D eigenvalue weighted by Gasteiger charge is -2.54. The molecular formula is C30H41N5O3. The number of carboxylic acid groups (broad SMARTS) is 1. The molecule has 2 unspecified atom stereocenters. The first-order chi connectivity index (χ1) is 18.4. The Morgan fingerprint density at radius 1 is 0.868 bits per heavy atom. The van der Waals surface area contributed by atoms with Gasteiger partial charge in [0.2, 0.25) is 0 Å². The number of anilines is 1. The minimum atomic E-state index is -1.32. The normalized spacial score (nSPS) is 34.9. The van der Waals surface area contributed by atoms with Crippen LogP contribution in [-0.4, -0.2) is 62.3 Å². The van der Waals surface area contributed by atoms with E-state index in [1.165, 1.54) is 64.2 Å². The van der Waals surface area contributed by atoms with Crippen LogP contribution in [0.1, 0.15) is 83.1 Å². The number of hydrogen-bond donors (Lipinski definition) is 2. The zero-order chi connectivity index (χ0) is 26.0. The van der Waals surface area contributed by atoms with Crippen LogP contribution < -0.4 is 16.2 Å². The molecule has 2 aliphatic carbocycles. The monoisotopic (exact) mass is 519 g/mol. The molecule has 5 fully saturated rings. The smallest absolute Gasteiger partial charge is 0.327 e. The summed E-state index contributed by atoms with van der Waals surface area (Å²) < 4.78 is 2.01. The second-order valence-electron chi connectivity index (χ2n) is 13.1. The molecule has 5 atom stereocenters. The first-order valence-electron chi connectivity index (χ1n) is 15.0. The second-order valence-corrected chi connectivity index (χ2v) is 13.1. The second kappa shape index (κ2) is 9.33. The van der Waals surface area contributed by atoms with Crippen molar-refractivity contribution in [2.75, 3.05) is 18.0 Å². The van der Waals surface area contributed by atoms with Crippen molar-refractivity contribution in [3.8, 4) is 0 Å². The van der Waals surface area contributed by atoms with Crippen LogP contribution in [0.3, 0.4) is 0 Å². The average Bonchev–Trinajstić information content (AvgIpc) is 3.05. The number of para-hydroxylation sites is 2. The molecule has 8 nitrogen and oxygen atoms in total. The fourth-order valence-corrected chi connectivity index (χ4v) is 8.94. The molecule has 0 spiro atoms. The number of fused-ring (bicyclic) bond motifs is 5. The Hall–Kier alpha value is -2.45. The maximum atomic E-state index is 14.0. The van der Waals surface area contributed by atoms with Crippen LogP contribution in [0.5, 0.6) is 0 Å². The Labute approximate surface area is 224 Å². The lowest BCUT2D eigenvalue weighted by molar-refractivity contribution is -0.144. The highest BCUT2D eigenvalue weighted by atomic mass is 16.4. The maximum absolute atomic E-state index is 14.0. The lowest BCUT2D eigenvalue weighted by atomic mass is 9.73. The van der Waals surface area contributed by atoms with Gasteiger partial charge in [0.05, 0.1) is 24.1 Å². The first-order valence-corrected chi connectivity index (χ1v) is 15.0. The van der Waals surface area contributed by atoms with Crippen LogP contribution >= 0.6 is 0 Å². The molecular weight excluding hydrogens is 478 g/mol. The molecule has 2 saturated carbocycles. The van der Waals surface area contributed by atoms with E-state index in [0.29, 0.717) is 23.9 Å². The molecule has 5 aliphatic rings. The van der Waals surface area contributed by atoms with E-state index in [-0.39, 0.29) is 24.7 Å². The van der Waals surface area contributed by atoms with Crippen LogP contribution in [0.25, 0.3) is 11.0 Å². The van der Waals surface area contributed by atoms with Gasteiger partial charge in [-0.3, -0.25) is 14.5 Å². The molecule has 3 aliphatic heterocycles. The summed E-state index contributed by atoms with van der Waals surface area (Å²) in [5, 5.41) is 9.49. The minimum absolute atomic E-state index is 0.101. The third kappa shape index (κ3) is 4.06. The summed E-state index contributed by atoms with van der Waals surface area (Å²) in [6.07, 6.45) is 15.6. The van der Waals surface area contributed by atoms with Crippen molar-refractivity contribution in [3.05, 3.63) is 34.6 Å². The molecule has 3 saturated heterocycles. The molecule has 0 radical (unpaired) electrons. The number of carbonyl (C=O) groups is 1. The Morgan fingerprint density at radius 2 is 1.53 bits per heavy atom. The molecule has 0 amide bonds. The zero-order valence-corrected chi connectivity index (χ0v) is 22.3. The Balaban J connectivity index is 1.20. The summed E-state index contributed by atoms with van der Waals surface area (Å²) in [6, 6.07) is 9.83. The highest BCUT2D eigenvalue weighted by molar-refractivity contribution is 5.84. The summed E-state index contributed by atoms with van der Waals surface area (Å²) in [7, 11) is 0. The van der Waals surface area contributed by atoms with E-state index in [2.05, 4.69) is 4.90 Å². The molecule has 8 heteroatoms. The average molecular weight is 520 g/mol. The standard InChI is InChI=1S/C30H41N5O3/c31-30(29(37)38)17-33(18-30)27-28(36)35(26-11-4-3-10-25(26)32-27)24-15-21-8-5-9-22(16-24)34(21)23-13-19-6-1-2-7-20(12-19)14-23/h3-4,10-11,19-24H,1-2,5-9,12-18,31H2,(H,37,38)/t19?,20?,21-,22+,23?,24+. The Kier molecular flexibility index (Phi) is 6.04. The van der Waals surface area contributed by atoms with Crippen molar-refractivity contribution >= 4 is 22.8 Å². The van der Waals surface area contributed by atoms with Crippen molar-refractivity contribution < 1.29 is 9.90 Å².